The van der Waals surface area contributed by atoms with Gasteiger partial charge in [-0.2, -0.15) is 0 Å². The van der Waals surface area contributed by atoms with Gasteiger partial charge in [0.15, 0.2) is 5.92 Å². The van der Waals surface area contributed by atoms with Crippen molar-refractivity contribution >= 4 is 11.9 Å². The zero-order valence-electron chi connectivity index (χ0n) is 20.2. The molecule has 0 fully saturated rings. The van der Waals surface area contributed by atoms with Crippen molar-refractivity contribution in [3.8, 4) is 5.75 Å². The van der Waals surface area contributed by atoms with Crippen LogP contribution in [0.4, 0.5) is 0 Å². The molecule has 0 aliphatic heterocycles. The Morgan fingerprint density at radius 3 is 1.58 bits per heavy atom. The summed E-state index contributed by atoms with van der Waals surface area (Å²) >= 11 is 0. The fraction of sp³-hybridized carbons (Fsp3) is 0.692. The molecule has 0 heterocycles. The highest BCUT2D eigenvalue weighted by Gasteiger charge is 2.32. The molecule has 0 bridgehead atoms. The van der Waals surface area contributed by atoms with Crippen LogP contribution < -0.4 is 4.74 Å². The molecule has 0 saturated carbocycles. The van der Waals surface area contributed by atoms with Crippen LogP contribution in [0.5, 0.6) is 5.75 Å². The highest BCUT2D eigenvalue weighted by Crippen LogP contribution is 2.24. The van der Waals surface area contributed by atoms with Crippen LogP contribution in [0.15, 0.2) is 24.3 Å². The largest absolute Gasteiger partial charge is 0.497 e. The van der Waals surface area contributed by atoms with Crippen LogP contribution in [0, 0.1) is 11.8 Å². The molecular weight excluding hydrogens is 392 g/mol. The second-order valence-electron chi connectivity index (χ2n) is 8.30. The smallest absolute Gasteiger partial charge is 0.324 e. The number of ether oxygens (including phenoxy) is 3. The van der Waals surface area contributed by atoms with Gasteiger partial charge in [-0.15, -0.1) is 0 Å². The van der Waals surface area contributed by atoms with Crippen molar-refractivity contribution in [1.29, 1.82) is 0 Å². The number of carbonyl (C=O) groups excluding carboxylic acids is 2. The summed E-state index contributed by atoms with van der Waals surface area (Å²) in [4.78, 5) is 25.9. The predicted molar refractivity (Wildman–Crippen MR) is 124 cm³/mol. The van der Waals surface area contributed by atoms with Gasteiger partial charge in [0.05, 0.1) is 20.3 Å². The summed E-state index contributed by atoms with van der Waals surface area (Å²) in [6, 6.07) is 6.95. The van der Waals surface area contributed by atoms with E-state index in [1.165, 1.54) is 0 Å². The zero-order chi connectivity index (χ0) is 23.1. The maximum atomic E-state index is 13.0. The maximum Gasteiger partial charge on any atom is 0.324 e. The van der Waals surface area contributed by atoms with Crippen LogP contribution in [0.1, 0.15) is 90.5 Å². The Bertz CT molecular complexity index is 593. The molecule has 1 aromatic carbocycles. The van der Waals surface area contributed by atoms with Crippen LogP contribution in [-0.4, -0.2) is 32.3 Å². The van der Waals surface area contributed by atoms with E-state index < -0.39 is 17.9 Å². The minimum absolute atomic E-state index is 0.315. The summed E-state index contributed by atoms with van der Waals surface area (Å²) in [5.41, 5.74) is 0.569. The minimum atomic E-state index is -1.07. The molecule has 0 spiro atoms. The standard InChI is InChI=1S/C26H42O5/c1-6-10-12-20(8-3)18-30-25(27)24(22-14-16-23(29-5)17-15-22)26(28)31-19-21(9-4)13-11-7-2/h14-17,20-21,24H,6-13,18-19H2,1-5H3. The average molecular weight is 435 g/mol. The number of hydrogen-bond acceptors (Lipinski definition) is 5. The van der Waals surface area contributed by atoms with E-state index in [9.17, 15) is 9.59 Å². The van der Waals surface area contributed by atoms with E-state index in [0.717, 1.165) is 51.4 Å². The molecule has 176 valence electrons. The van der Waals surface area contributed by atoms with Gasteiger partial charge in [0.25, 0.3) is 0 Å². The number of unbranched alkanes of at least 4 members (excludes halogenated alkanes) is 2. The molecule has 1 rings (SSSR count). The van der Waals surface area contributed by atoms with Gasteiger partial charge in [0.1, 0.15) is 5.75 Å². The van der Waals surface area contributed by atoms with Crippen molar-refractivity contribution in [2.24, 2.45) is 11.8 Å². The minimum Gasteiger partial charge on any atom is -0.497 e. The quantitative estimate of drug-likeness (QED) is 0.226. The van der Waals surface area contributed by atoms with Gasteiger partial charge in [-0.1, -0.05) is 78.4 Å². The van der Waals surface area contributed by atoms with Gasteiger partial charge >= 0.3 is 11.9 Å². The van der Waals surface area contributed by atoms with Crippen molar-refractivity contribution in [2.45, 2.75) is 85.0 Å². The van der Waals surface area contributed by atoms with Crippen molar-refractivity contribution < 1.29 is 23.8 Å². The molecule has 0 aromatic heterocycles. The molecule has 0 amide bonds. The summed E-state index contributed by atoms with van der Waals surface area (Å²) in [5, 5.41) is 0. The van der Waals surface area contributed by atoms with E-state index >= 15 is 0 Å². The van der Waals surface area contributed by atoms with E-state index in [1.807, 2.05) is 0 Å². The monoisotopic (exact) mass is 434 g/mol. The van der Waals surface area contributed by atoms with E-state index in [4.69, 9.17) is 14.2 Å². The second-order valence-corrected chi connectivity index (χ2v) is 8.30. The van der Waals surface area contributed by atoms with Gasteiger partial charge in [-0.3, -0.25) is 9.59 Å². The molecule has 0 radical (unpaired) electrons. The van der Waals surface area contributed by atoms with Crippen LogP contribution in [0.3, 0.4) is 0 Å². The Hall–Kier alpha value is -2.04. The van der Waals surface area contributed by atoms with Crippen LogP contribution in [0.2, 0.25) is 0 Å². The fourth-order valence-corrected chi connectivity index (χ4v) is 3.53. The first kappa shape index (κ1) is 27.0. The molecule has 31 heavy (non-hydrogen) atoms. The zero-order valence-corrected chi connectivity index (χ0v) is 20.2. The molecule has 0 aliphatic carbocycles. The highest BCUT2D eigenvalue weighted by molar-refractivity contribution is 6.00. The fourth-order valence-electron chi connectivity index (χ4n) is 3.53. The Balaban J connectivity index is 2.89. The molecule has 2 unspecified atom stereocenters. The van der Waals surface area contributed by atoms with Crippen molar-refractivity contribution in [1.82, 2.24) is 0 Å². The summed E-state index contributed by atoms with van der Waals surface area (Å²) in [7, 11) is 1.58. The lowest BCUT2D eigenvalue weighted by atomic mass is 9.97. The van der Waals surface area contributed by atoms with E-state index in [-0.39, 0.29) is 0 Å². The number of methoxy groups -OCH3 is 1. The predicted octanol–water partition coefficient (Wildman–Crippen LogP) is 6.30. The normalized spacial score (nSPS) is 13.8. The molecule has 2 atom stereocenters. The summed E-state index contributed by atoms with van der Waals surface area (Å²) < 4.78 is 16.4. The summed E-state index contributed by atoms with van der Waals surface area (Å²) in [6.07, 6.45) is 8.37. The summed E-state index contributed by atoms with van der Waals surface area (Å²) in [6.45, 7) is 9.18. The van der Waals surface area contributed by atoms with Crippen LogP contribution in [-0.2, 0) is 19.1 Å². The first-order valence-corrected chi connectivity index (χ1v) is 12.0. The maximum absolute atomic E-state index is 13.0. The molecule has 5 nitrogen and oxygen atoms in total. The molecule has 0 N–H and O–H groups in total. The Kier molecular flexibility index (Phi) is 13.7. The number of hydrogen-bond donors (Lipinski definition) is 0. The molecule has 5 heteroatoms. The van der Waals surface area contributed by atoms with Crippen molar-refractivity contribution in [3.63, 3.8) is 0 Å². The first-order chi connectivity index (χ1) is 15.0. The van der Waals surface area contributed by atoms with Gasteiger partial charge in [-0.05, 0) is 42.4 Å². The van der Waals surface area contributed by atoms with Crippen LogP contribution in [0.25, 0.3) is 0 Å². The van der Waals surface area contributed by atoms with E-state index in [0.29, 0.717) is 36.4 Å². The number of carbonyl (C=O) groups is 2. The third-order valence-corrected chi connectivity index (χ3v) is 5.93. The lowest BCUT2D eigenvalue weighted by Crippen LogP contribution is -2.29. The first-order valence-electron chi connectivity index (χ1n) is 12.0. The van der Waals surface area contributed by atoms with Gasteiger partial charge in [0, 0.05) is 0 Å². The lowest BCUT2D eigenvalue weighted by Gasteiger charge is -2.20. The van der Waals surface area contributed by atoms with E-state index in [2.05, 4.69) is 27.7 Å². The molecule has 0 saturated heterocycles. The third-order valence-electron chi connectivity index (χ3n) is 5.93. The van der Waals surface area contributed by atoms with Crippen molar-refractivity contribution in [2.75, 3.05) is 20.3 Å². The highest BCUT2D eigenvalue weighted by atomic mass is 16.6. The van der Waals surface area contributed by atoms with Gasteiger partial charge < -0.3 is 14.2 Å². The SMILES string of the molecule is CCCCC(CC)COC(=O)C(C(=O)OCC(CC)CCCC)c1ccc(OC)cc1. The Labute approximate surface area is 188 Å². The summed E-state index contributed by atoms with van der Waals surface area (Å²) in [5.74, 6) is -0.845. The molecular formula is C26H42O5. The molecule has 1 aromatic rings. The Morgan fingerprint density at radius 1 is 0.774 bits per heavy atom. The number of benzene rings is 1. The van der Waals surface area contributed by atoms with Crippen LogP contribution >= 0.6 is 0 Å². The van der Waals surface area contributed by atoms with Crippen molar-refractivity contribution in [3.05, 3.63) is 29.8 Å². The lowest BCUT2D eigenvalue weighted by molar-refractivity contribution is -0.159. The van der Waals surface area contributed by atoms with E-state index in [1.54, 1.807) is 31.4 Å². The number of esters is 2. The average Bonchev–Trinajstić information content (AvgIpc) is 2.80. The third kappa shape index (κ3) is 9.75. The van der Waals surface area contributed by atoms with Gasteiger partial charge in [0.2, 0.25) is 0 Å². The topological polar surface area (TPSA) is 61.8 Å². The Morgan fingerprint density at radius 2 is 1.23 bits per heavy atom. The van der Waals surface area contributed by atoms with Gasteiger partial charge in [-0.25, -0.2) is 0 Å². The number of rotatable bonds is 16. The second kappa shape index (κ2) is 15.7. The molecule has 0 aliphatic rings.